The topological polar surface area (TPSA) is 61.0 Å². The molecule has 1 saturated heterocycles. The third-order valence-corrected chi connectivity index (χ3v) is 4.66. The van der Waals surface area contributed by atoms with Gasteiger partial charge in [0.25, 0.3) is 0 Å². The number of hydrogen-bond acceptors (Lipinski definition) is 3. The minimum Gasteiger partial charge on any atom is -0.345 e. The lowest BCUT2D eigenvalue weighted by Gasteiger charge is -2.27. The maximum atomic E-state index is 12.4. The molecule has 2 aromatic rings. The van der Waals surface area contributed by atoms with Crippen LogP contribution in [-0.4, -0.2) is 47.7 Å². The average molecular weight is 326 g/mol. The van der Waals surface area contributed by atoms with Crippen LogP contribution in [0.5, 0.6) is 0 Å². The van der Waals surface area contributed by atoms with Crippen LogP contribution in [0.25, 0.3) is 11.3 Å². The molecule has 1 aromatic heterocycles. The standard InChI is InChI=1S/C19H26N4O/c1-23(19(24)16-9-5-11-20-14-16)12-6-10-17-13-18(22-21-17)15-7-3-2-4-8-15/h2-4,7-8,13,16,20H,5-6,9-12,14H2,1H3,(H,21,22)/t16-/m0/s1. The number of rotatable bonds is 6. The molecule has 24 heavy (non-hydrogen) atoms. The fourth-order valence-electron chi connectivity index (χ4n) is 3.24. The molecule has 1 atom stereocenters. The van der Waals surface area contributed by atoms with Gasteiger partial charge in [-0.2, -0.15) is 5.10 Å². The smallest absolute Gasteiger partial charge is 0.226 e. The van der Waals surface area contributed by atoms with Gasteiger partial charge in [-0.3, -0.25) is 9.89 Å². The summed E-state index contributed by atoms with van der Waals surface area (Å²) in [6.07, 6.45) is 3.96. The summed E-state index contributed by atoms with van der Waals surface area (Å²) >= 11 is 0. The van der Waals surface area contributed by atoms with E-state index in [2.05, 4.69) is 33.7 Å². The molecule has 2 N–H and O–H groups in total. The molecule has 1 fully saturated rings. The second-order valence-corrected chi connectivity index (χ2v) is 6.55. The number of nitrogens with one attached hydrogen (secondary N) is 2. The van der Waals surface area contributed by atoms with Crippen molar-refractivity contribution in [1.29, 1.82) is 0 Å². The molecule has 1 aliphatic rings. The van der Waals surface area contributed by atoms with Crippen molar-refractivity contribution in [3.05, 3.63) is 42.1 Å². The van der Waals surface area contributed by atoms with Crippen molar-refractivity contribution < 1.29 is 4.79 Å². The number of nitrogens with zero attached hydrogens (tertiary/aromatic N) is 2. The summed E-state index contributed by atoms with van der Waals surface area (Å²) in [7, 11) is 1.92. The van der Waals surface area contributed by atoms with Gasteiger partial charge in [-0.1, -0.05) is 30.3 Å². The van der Waals surface area contributed by atoms with Gasteiger partial charge in [0.1, 0.15) is 0 Å². The molecule has 0 spiro atoms. The lowest BCUT2D eigenvalue weighted by Crippen LogP contribution is -2.41. The Morgan fingerprint density at radius 1 is 1.33 bits per heavy atom. The lowest BCUT2D eigenvalue weighted by atomic mass is 9.98. The number of piperidine rings is 1. The van der Waals surface area contributed by atoms with Crippen molar-refractivity contribution in [2.45, 2.75) is 25.7 Å². The fourth-order valence-corrected chi connectivity index (χ4v) is 3.24. The van der Waals surface area contributed by atoms with Gasteiger partial charge in [0.05, 0.1) is 11.6 Å². The number of aromatic nitrogens is 2. The Kier molecular flexibility index (Phi) is 5.64. The highest BCUT2D eigenvalue weighted by molar-refractivity contribution is 5.78. The monoisotopic (exact) mass is 326 g/mol. The van der Waals surface area contributed by atoms with E-state index in [0.717, 1.165) is 62.3 Å². The van der Waals surface area contributed by atoms with Crippen molar-refractivity contribution in [2.24, 2.45) is 5.92 Å². The Balaban J connectivity index is 1.46. The van der Waals surface area contributed by atoms with Gasteiger partial charge in [0, 0.05) is 31.4 Å². The maximum absolute atomic E-state index is 12.4. The van der Waals surface area contributed by atoms with Crippen LogP contribution >= 0.6 is 0 Å². The van der Waals surface area contributed by atoms with Gasteiger partial charge in [0.2, 0.25) is 5.91 Å². The molecule has 5 nitrogen and oxygen atoms in total. The first-order valence-corrected chi connectivity index (χ1v) is 8.79. The first kappa shape index (κ1) is 16.7. The van der Waals surface area contributed by atoms with E-state index in [1.54, 1.807) is 0 Å². The summed E-state index contributed by atoms with van der Waals surface area (Å²) in [6.45, 7) is 2.65. The Hall–Kier alpha value is -2.14. The van der Waals surface area contributed by atoms with Crippen LogP contribution in [0.3, 0.4) is 0 Å². The normalized spacial score (nSPS) is 17.6. The zero-order chi connectivity index (χ0) is 16.8. The average Bonchev–Trinajstić information content (AvgIpc) is 3.11. The quantitative estimate of drug-likeness (QED) is 0.857. The van der Waals surface area contributed by atoms with E-state index in [-0.39, 0.29) is 11.8 Å². The summed E-state index contributed by atoms with van der Waals surface area (Å²) in [6, 6.07) is 12.3. The minimum absolute atomic E-state index is 0.153. The van der Waals surface area contributed by atoms with Crippen LogP contribution < -0.4 is 5.32 Å². The Morgan fingerprint density at radius 2 is 2.17 bits per heavy atom. The van der Waals surface area contributed by atoms with E-state index in [1.807, 2.05) is 30.1 Å². The first-order chi connectivity index (χ1) is 11.7. The van der Waals surface area contributed by atoms with Crippen molar-refractivity contribution in [1.82, 2.24) is 20.4 Å². The van der Waals surface area contributed by atoms with Crippen molar-refractivity contribution in [2.75, 3.05) is 26.7 Å². The number of carbonyl (C=O) groups is 1. The lowest BCUT2D eigenvalue weighted by molar-refractivity contribution is -0.134. The molecule has 0 unspecified atom stereocenters. The van der Waals surface area contributed by atoms with Crippen molar-refractivity contribution in [3.63, 3.8) is 0 Å². The molecule has 5 heteroatoms. The van der Waals surface area contributed by atoms with E-state index in [1.165, 1.54) is 0 Å². The zero-order valence-electron chi connectivity index (χ0n) is 14.3. The number of amides is 1. The number of aryl methyl sites for hydroxylation is 1. The highest BCUT2D eigenvalue weighted by atomic mass is 16.2. The van der Waals surface area contributed by atoms with Crippen molar-refractivity contribution in [3.8, 4) is 11.3 Å². The van der Waals surface area contributed by atoms with Gasteiger partial charge in [-0.25, -0.2) is 0 Å². The zero-order valence-corrected chi connectivity index (χ0v) is 14.3. The minimum atomic E-state index is 0.153. The number of aromatic amines is 1. The third-order valence-electron chi connectivity index (χ3n) is 4.66. The molecular formula is C19H26N4O. The molecule has 2 heterocycles. The van der Waals surface area contributed by atoms with Crippen molar-refractivity contribution >= 4 is 5.91 Å². The van der Waals surface area contributed by atoms with E-state index in [0.29, 0.717) is 0 Å². The molecule has 3 rings (SSSR count). The van der Waals surface area contributed by atoms with Crippen LogP contribution in [-0.2, 0) is 11.2 Å². The van der Waals surface area contributed by atoms with Crippen LogP contribution in [0.15, 0.2) is 36.4 Å². The molecular weight excluding hydrogens is 300 g/mol. The van der Waals surface area contributed by atoms with E-state index in [9.17, 15) is 4.79 Å². The Labute approximate surface area is 143 Å². The van der Waals surface area contributed by atoms with Crippen LogP contribution in [0.1, 0.15) is 25.0 Å². The summed E-state index contributed by atoms with van der Waals surface area (Å²) < 4.78 is 0. The second-order valence-electron chi connectivity index (χ2n) is 6.55. The van der Waals surface area contributed by atoms with Crippen LogP contribution in [0, 0.1) is 5.92 Å². The molecule has 1 aromatic carbocycles. The van der Waals surface area contributed by atoms with Gasteiger partial charge in [0.15, 0.2) is 0 Å². The fraction of sp³-hybridized carbons (Fsp3) is 0.474. The first-order valence-electron chi connectivity index (χ1n) is 8.79. The molecule has 1 aliphatic heterocycles. The molecule has 1 amide bonds. The SMILES string of the molecule is CN(CCCc1cc(-c2ccccc2)n[nH]1)C(=O)[C@H]1CCCNC1. The predicted octanol–water partition coefficient (Wildman–Crippen LogP) is 2.47. The molecule has 0 bridgehead atoms. The van der Waals surface area contributed by atoms with Gasteiger partial charge < -0.3 is 10.2 Å². The van der Waals surface area contributed by atoms with Crippen LogP contribution in [0.2, 0.25) is 0 Å². The van der Waals surface area contributed by atoms with E-state index in [4.69, 9.17) is 0 Å². The van der Waals surface area contributed by atoms with E-state index < -0.39 is 0 Å². The largest absolute Gasteiger partial charge is 0.345 e. The second kappa shape index (κ2) is 8.11. The van der Waals surface area contributed by atoms with Crippen LogP contribution in [0.4, 0.5) is 0 Å². The molecule has 0 saturated carbocycles. The highest BCUT2D eigenvalue weighted by Gasteiger charge is 2.23. The number of benzene rings is 1. The summed E-state index contributed by atoms with van der Waals surface area (Å²) in [5.41, 5.74) is 3.22. The summed E-state index contributed by atoms with van der Waals surface area (Å²) in [5, 5.41) is 10.8. The predicted molar refractivity (Wildman–Crippen MR) is 95.6 cm³/mol. The van der Waals surface area contributed by atoms with Gasteiger partial charge in [-0.05, 0) is 38.3 Å². The molecule has 0 aliphatic carbocycles. The van der Waals surface area contributed by atoms with E-state index >= 15 is 0 Å². The van der Waals surface area contributed by atoms with Gasteiger partial charge in [-0.15, -0.1) is 0 Å². The maximum Gasteiger partial charge on any atom is 0.226 e. The number of hydrogen-bond donors (Lipinski definition) is 2. The molecule has 128 valence electrons. The number of H-pyrrole nitrogens is 1. The Bertz CT molecular complexity index is 646. The summed E-state index contributed by atoms with van der Waals surface area (Å²) in [5.74, 6) is 0.428. The summed E-state index contributed by atoms with van der Waals surface area (Å²) in [4.78, 5) is 14.3. The highest BCUT2D eigenvalue weighted by Crippen LogP contribution is 2.18. The Morgan fingerprint density at radius 3 is 2.92 bits per heavy atom. The van der Waals surface area contributed by atoms with Gasteiger partial charge >= 0.3 is 0 Å². The number of carbonyl (C=O) groups excluding carboxylic acids is 1. The molecule has 0 radical (unpaired) electrons. The third kappa shape index (κ3) is 4.23.